The normalized spacial score (nSPS) is 20.0. The van der Waals surface area contributed by atoms with Gasteiger partial charge in [0.2, 0.25) is 5.91 Å². The van der Waals surface area contributed by atoms with E-state index < -0.39 is 0 Å². The fourth-order valence-corrected chi connectivity index (χ4v) is 4.59. The van der Waals surface area contributed by atoms with Crippen LogP contribution in [-0.2, 0) is 11.3 Å². The van der Waals surface area contributed by atoms with Crippen molar-refractivity contribution in [1.82, 2.24) is 15.2 Å². The van der Waals surface area contributed by atoms with Crippen molar-refractivity contribution < 1.29 is 9.59 Å². The second kappa shape index (κ2) is 9.49. The Morgan fingerprint density at radius 3 is 2.68 bits per heavy atom. The Labute approximate surface area is 174 Å². The average molecular weight is 421 g/mol. The van der Waals surface area contributed by atoms with Gasteiger partial charge in [0.25, 0.3) is 5.91 Å². The number of thiazole rings is 1. The zero-order chi connectivity index (χ0) is 20.1. The quantitative estimate of drug-likeness (QED) is 0.748. The number of amides is 2. The van der Waals surface area contributed by atoms with Gasteiger partial charge in [0.1, 0.15) is 0 Å². The Morgan fingerprint density at radius 2 is 1.96 bits per heavy atom. The zero-order valence-electron chi connectivity index (χ0n) is 16.1. The van der Waals surface area contributed by atoms with E-state index in [9.17, 15) is 9.59 Å². The Hall–Kier alpha value is -1.96. The molecule has 1 aromatic heterocycles. The summed E-state index contributed by atoms with van der Waals surface area (Å²) in [6.07, 6.45) is 1.27. The molecule has 0 saturated carbocycles. The van der Waals surface area contributed by atoms with Crippen LogP contribution in [0, 0.1) is 11.8 Å². The van der Waals surface area contributed by atoms with Crippen molar-refractivity contribution in [2.75, 3.05) is 25.0 Å². The van der Waals surface area contributed by atoms with Gasteiger partial charge >= 0.3 is 0 Å². The van der Waals surface area contributed by atoms with Crippen molar-refractivity contribution in [3.8, 4) is 0 Å². The molecule has 8 heteroatoms. The van der Waals surface area contributed by atoms with Crippen molar-refractivity contribution in [1.29, 1.82) is 0 Å². The van der Waals surface area contributed by atoms with Gasteiger partial charge in [-0.1, -0.05) is 37.6 Å². The number of aromatic nitrogens is 1. The third-order valence-corrected chi connectivity index (χ3v) is 5.79. The van der Waals surface area contributed by atoms with Crippen LogP contribution in [0.5, 0.6) is 0 Å². The summed E-state index contributed by atoms with van der Waals surface area (Å²) in [5, 5.41) is 8.19. The van der Waals surface area contributed by atoms with E-state index in [0.717, 1.165) is 25.3 Å². The Kier molecular flexibility index (Phi) is 7.04. The zero-order valence-corrected chi connectivity index (χ0v) is 17.6. The minimum Gasteiger partial charge on any atom is -0.343 e. The van der Waals surface area contributed by atoms with E-state index in [1.165, 1.54) is 17.8 Å². The van der Waals surface area contributed by atoms with Gasteiger partial charge in [-0.05, 0) is 30.4 Å². The summed E-state index contributed by atoms with van der Waals surface area (Å²) in [6.45, 7) is 7.39. The molecule has 1 aromatic carbocycles. The molecule has 2 unspecified atom stereocenters. The van der Waals surface area contributed by atoms with Gasteiger partial charge < -0.3 is 10.6 Å². The van der Waals surface area contributed by atoms with Crippen LogP contribution < -0.4 is 10.6 Å². The summed E-state index contributed by atoms with van der Waals surface area (Å²) in [5.74, 6) is 0.696. The topological polar surface area (TPSA) is 74.3 Å². The highest BCUT2D eigenvalue weighted by Gasteiger charge is 2.22. The molecular formula is C20H25ClN4O2S. The average Bonchev–Trinajstić information content (AvgIpc) is 3.06. The minimum absolute atomic E-state index is 0.139. The predicted molar refractivity (Wildman–Crippen MR) is 113 cm³/mol. The summed E-state index contributed by atoms with van der Waals surface area (Å²) in [5.41, 5.74) is 1.31. The van der Waals surface area contributed by atoms with Gasteiger partial charge in [-0.3, -0.25) is 14.5 Å². The van der Waals surface area contributed by atoms with Gasteiger partial charge in [0.15, 0.2) is 5.13 Å². The maximum Gasteiger partial charge on any atom is 0.253 e. The molecule has 2 N–H and O–H groups in total. The summed E-state index contributed by atoms with van der Waals surface area (Å²) in [4.78, 5) is 31.1. The lowest BCUT2D eigenvalue weighted by Gasteiger charge is -2.34. The van der Waals surface area contributed by atoms with Crippen molar-refractivity contribution in [2.45, 2.75) is 26.8 Å². The number of anilines is 1. The molecule has 0 aliphatic carbocycles. The van der Waals surface area contributed by atoms with E-state index in [1.54, 1.807) is 24.3 Å². The largest absolute Gasteiger partial charge is 0.343 e. The number of nitrogens with zero attached hydrogens (tertiary/aromatic N) is 2. The van der Waals surface area contributed by atoms with Gasteiger partial charge in [-0.15, -0.1) is 11.3 Å². The van der Waals surface area contributed by atoms with Crippen LogP contribution in [0.2, 0.25) is 5.02 Å². The number of carbonyl (C=O) groups excluding carboxylic acids is 2. The fourth-order valence-electron chi connectivity index (χ4n) is 3.65. The lowest BCUT2D eigenvalue weighted by Crippen LogP contribution is -2.38. The number of hydrogen-bond acceptors (Lipinski definition) is 5. The molecule has 2 aromatic rings. The van der Waals surface area contributed by atoms with E-state index >= 15 is 0 Å². The molecule has 28 heavy (non-hydrogen) atoms. The number of halogens is 1. The highest BCUT2D eigenvalue weighted by Crippen LogP contribution is 2.24. The maximum absolute atomic E-state index is 12.1. The summed E-state index contributed by atoms with van der Waals surface area (Å²) in [6, 6.07) is 6.72. The summed E-state index contributed by atoms with van der Waals surface area (Å²) >= 11 is 7.39. The monoisotopic (exact) mass is 420 g/mol. The Morgan fingerprint density at radius 1 is 1.25 bits per heavy atom. The lowest BCUT2D eigenvalue weighted by atomic mass is 9.92. The van der Waals surface area contributed by atoms with Crippen LogP contribution in [0.4, 0.5) is 5.13 Å². The predicted octanol–water partition coefficient (Wildman–Crippen LogP) is 3.64. The Bertz CT molecular complexity index is 831. The third-order valence-electron chi connectivity index (χ3n) is 4.66. The number of carbonyl (C=O) groups is 2. The van der Waals surface area contributed by atoms with E-state index in [1.807, 2.05) is 5.38 Å². The number of nitrogens with one attached hydrogen (secondary N) is 2. The molecule has 0 radical (unpaired) electrons. The van der Waals surface area contributed by atoms with Crippen LogP contribution in [0.15, 0.2) is 29.6 Å². The van der Waals surface area contributed by atoms with Crippen LogP contribution in [0.25, 0.3) is 0 Å². The van der Waals surface area contributed by atoms with E-state index in [0.29, 0.717) is 27.6 Å². The molecule has 1 saturated heterocycles. The summed E-state index contributed by atoms with van der Waals surface area (Å²) < 4.78 is 0. The fraction of sp³-hybridized carbons (Fsp3) is 0.450. The lowest BCUT2D eigenvalue weighted by molar-refractivity contribution is -0.115. The van der Waals surface area contributed by atoms with E-state index in [-0.39, 0.29) is 18.4 Å². The number of hydrogen-bond donors (Lipinski definition) is 2. The second-order valence-corrected chi connectivity index (χ2v) is 8.76. The molecule has 1 fully saturated rings. The molecule has 6 nitrogen and oxygen atoms in total. The van der Waals surface area contributed by atoms with Gasteiger partial charge in [-0.2, -0.15) is 0 Å². The van der Waals surface area contributed by atoms with Crippen molar-refractivity contribution in [2.24, 2.45) is 11.8 Å². The third kappa shape index (κ3) is 5.77. The van der Waals surface area contributed by atoms with E-state index in [2.05, 4.69) is 34.4 Å². The second-order valence-electron chi connectivity index (χ2n) is 7.49. The SMILES string of the molecule is CC1CC(C)CN(Cc2csc(NC(=O)CNC(=O)c3ccccc3Cl)n2)C1. The number of likely N-dealkylation sites (tertiary alicyclic amines) is 1. The van der Waals surface area contributed by atoms with Gasteiger partial charge in [-0.25, -0.2) is 4.98 Å². The van der Waals surface area contributed by atoms with Crippen LogP contribution >= 0.6 is 22.9 Å². The van der Waals surface area contributed by atoms with Gasteiger partial charge in [0.05, 0.1) is 22.8 Å². The number of benzene rings is 1. The number of rotatable bonds is 6. The van der Waals surface area contributed by atoms with E-state index in [4.69, 9.17) is 11.6 Å². The van der Waals surface area contributed by atoms with Crippen LogP contribution in [-0.4, -0.2) is 41.3 Å². The van der Waals surface area contributed by atoms with Crippen LogP contribution in [0.1, 0.15) is 36.3 Å². The first-order valence-corrected chi connectivity index (χ1v) is 10.7. The van der Waals surface area contributed by atoms with Crippen LogP contribution in [0.3, 0.4) is 0 Å². The number of piperidine rings is 1. The molecule has 2 atom stereocenters. The molecule has 1 aliphatic heterocycles. The molecule has 150 valence electrons. The summed E-state index contributed by atoms with van der Waals surface area (Å²) in [7, 11) is 0. The maximum atomic E-state index is 12.1. The highest BCUT2D eigenvalue weighted by molar-refractivity contribution is 7.13. The smallest absolute Gasteiger partial charge is 0.253 e. The molecule has 2 heterocycles. The molecule has 0 bridgehead atoms. The van der Waals surface area contributed by atoms with Crippen molar-refractivity contribution >= 4 is 39.9 Å². The minimum atomic E-state index is -0.381. The first-order chi connectivity index (χ1) is 13.4. The molecule has 0 spiro atoms. The van der Waals surface area contributed by atoms with Crippen molar-refractivity contribution in [3.63, 3.8) is 0 Å². The van der Waals surface area contributed by atoms with Crippen molar-refractivity contribution in [3.05, 3.63) is 45.9 Å². The molecule has 3 rings (SSSR count). The Balaban J connectivity index is 1.47. The molecule has 2 amide bonds. The first-order valence-electron chi connectivity index (χ1n) is 9.40. The standard InChI is InChI=1S/C20H25ClN4O2S/c1-13-7-14(2)10-25(9-13)11-15-12-28-20(23-15)24-18(26)8-22-19(27)16-5-3-4-6-17(16)21/h3-6,12-14H,7-11H2,1-2H3,(H,22,27)(H,23,24,26). The molecule has 1 aliphatic rings. The van der Waals surface area contributed by atoms with Gasteiger partial charge in [0, 0.05) is 25.0 Å². The molecular weight excluding hydrogens is 396 g/mol. The highest BCUT2D eigenvalue weighted by atomic mass is 35.5. The first kappa shape index (κ1) is 20.8.